The van der Waals surface area contributed by atoms with Crippen LogP contribution in [0.1, 0.15) is 11.4 Å². The Labute approximate surface area is 154 Å². The Morgan fingerprint density at radius 2 is 1.88 bits per heavy atom. The summed E-state index contributed by atoms with van der Waals surface area (Å²) in [5.41, 5.74) is 2.91. The number of carbonyl (C=O) groups excluding carboxylic acids is 2. The van der Waals surface area contributed by atoms with Crippen molar-refractivity contribution in [2.24, 2.45) is 7.05 Å². The molecule has 1 aliphatic heterocycles. The second kappa shape index (κ2) is 6.84. The Balaban J connectivity index is 1.42. The van der Waals surface area contributed by atoms with Crippen LogP contribution >= 0.6 is 11.8 Å². The smallest absolute Gasteiger partial charge is 0.289 e. The van der Waals surface area contributed by atoms with Crippen LogP contribution in [0.2, 0.25) is 0 Å². The molecule has 0 aliphatic carbocycles. The lowest BCUT2D eigenvalue weighted by molar-refractivity contribution is -0.125. The summed E-state index contributed by atoms with van der Waals surface area (Å²) < 4.78 is 7.85. The summed E-state index contributed by atoms with van der Waals surface area (Å²) in [5.74, 6) is 1.66. The number of imidazole rings is 1. The second-order valence-corrected chi connectivity index (χ2v) is 6.97. The molecule has 0 radical (unpaired) electrons. The third-order valence-corrected chi connectivity index (χ3v) is 5.21. The first kappa shape index (κ1) is 16.7. The lowest BCUT2D eigenvalue weighted by Crippen LogP contribution is -2.27. The molecule has 7 heteroatoms. The topological polar surface area (TPSA) is 64.4 Å². The lowest BCUT2D eigenvalue weighted by atomic mass is 10.2. The van der Waals surface area contributed by atoms with Gasteiger partial charge in [-0.05, 0) is 29.8 Å². The van der Waals surface area contributed by atoms with E-state index in [4.69, 9.17) is 4.74 Å². The van der Waals surface area contributed by atoms with E-state index < -0.39 is 0 Å². The number of aryl methyl sites for hydroxylation is 1. The van der Waals surface area contributed by atoms with Crippen LogP contribution < -0.4 is 4.74 Å². The molecule has 0 saturated carbocycles. The highest BCUT2D eigenvalue weighted by molar-refractivity contribution is 8.14. The fourth-order valence-corrected chi connectivity index (χ4v) is 3.60. The molecule has 1 aliphatic rings. The largest absolute Gasteiger partial charge is 0.486 e. The molecular weight excluding hydrogens is 350 g/mol. The van der Waals surface area contributed by atoms with Gasteiger partial charge in [0.15, 0.2) is 0 Å². The van der Waals surface area contributed by atoms with Crippen LogP contribution in [-0.2, 0) is 25.0 Å². The van der Waals surface area contributed by atoms with E-state index in [0.29, 0.717) is 18.9 Å². The van der Waals surface area contributed by atoms with Crippen molar-refractivity contribution in [1.82, 2.24) is 14.5 Å². The average molecular weight is 367 g/mol. The summed E-state index contributed by atoms with van der Waals surface area (Å²) in [6, 6.07) is 15.4. The maximum absolute atomic E-state index is 11.7. The van der Waals surface area contributed by atoms with Crippen molar-refractivity contribution in [3.63, 3.8) is 0 Å². The molecule has 0 atom stereocenters. The van der Waals surface area contributed by atoms with E-state index in [1.165, 1.54) is 4.90 Å². The number of fused-ring (bicyclic) bond motifs is 1. The number of rotatable bonds is 5. The number of carbonyl (C=O) groups is 2. The van der Waals surface area contributed by atoms with Crippen molar-refractivity contribution in [2.45, 2.75) is 13.2 Å². The van der Waals surface area contributed by atoms with Gasteiger partial charge < -0.3 is 9.30 Å². The first-order chi connectivity index (χ1) is 12.6. The molecule has 4 rings (SSSR count). The number of amides is 2. The first-order valence-corrected chi connectivity index (χ1v) is 9.19. The molecule has 3 aromatic rings. The number of hydrogen-bond acceptors (Lipinski definition) is 5. The van der Waals surface area contributed by atoms with Crippen LogP contribution in [0.5, 0.6) is 5.75 Å². The van der Waals surface area contributed by atoms with Gasteiger partial charge in [-0.15, -0.1) is 0 Å². The minimum absolute atomic E-state index is 0.137. The van der Waals surface area contributed by atoms with Crippen LogP contribution in [0.25, 0.3) is 11.0 Å². The van der Waals surface area contributed by atoms with Crippen LogP contribution in [0.3, 0.4) is 0 Å². The molecule has 0 N–H and O–H groups in total. The number of nitrogens with zero attached hydrogens (tertiary/aromatic N) is 3. The predicted molar refractivity (Wildman–Crippen MR) is 99.9 cm³/mol. The predicted octanol–water partition coefficient (Wildman–Crippen LogP) is 3.35. The van der Waals surface area contributed by atoms with Crippen molar-refractivity contribution < 1.29 is 14.3 Å². The highest BCUT2D eigenvalue weighted by Crippen LogP contribution is 2.22. The van der Waals surface area contributed by atoms with Crippen molar-refractivity contribution in [3.8, 4) is 5.75 Å². The van der Waals surface area contributed by atoms with Crippen LogP contribution in [0.15, 0.2) is 48.5 Å². The van der Waals surface area contributed by atoms with Gasteiger partial charge in [-0.3, -0.25) is 14.5 Å². The number of imide groups is 1. The number of aromatic nitrogens is 2. The Morgan fingerprint density at radius 1 is 1.12 bits per heavy atom. The Bertz CT molecular complexity index is 965. The van der Waals surface area contributed by atoms with Crippen LogP contribution in [0, 0.1) is 0 Å². The van der Waals surface area contributed by atoms with Crippen molar-refractivity contribution in [1.29, 1.82) is 0 Å². The zero-order valence-electron chi connectivity index (χ0n) is 14.2. The molecule has 2 heterocycles. The minimum Gasteiger partial charge on any atom is -0.486 e. The highest BCUT2D eigenvalue weighted by Gasteiger charge is 2.29. The fourth-order valence-electron chi connectivity index (χ4n) is 2.88. The van der Waals surface area contributed by atoms with Gasteiger partial charge >= 0.3 is 0 Å². The molecule has 0 unspecified atom stereocenters. The number of ether oxygens (including phenoxy) is 1. The molecule has 2 aromatic carbocycles. The molecule has 1 aromatic heterocycles. The molecule has 0 spiro atoms. The lowest BCUT2D eigenvalue weighted by Gasteiger charge is -2.13. The Morgan fingerprint density at radius 3 is 2.58 bits per heavy atom. The quantitative estimate of drug-likeness (QED) is 0.692. The van der Waals surface area contributed by atoms with Gasteiger partial charge in [0.25, 0.3) is 5.24 Å². The maximum atomic E-state index is 11.7. The summed E-state index contributed by atoms with van der Waals surface area (Å²) in [4.78, 5) is 29.2. The van der Waals surface area contributed by atoms with Crippen LogP contribution in [0.4, 0.5) is 4.79 Å². The summed E-state index contributed by atoms with van der Waals surface area (Å²) in [5, 5.41) is -0.183. The average Bonchev–Trinajstić information content (AvgIpc) is 3.15. The summed E-state index contributed by atoms with van der Waals surface area (Å²) in [6.45, 7) is 0.667. The van der Waals surface area contributed by atoms with E-state index in [1.54, 1.807) is 0 Å². The van der Waals surface area contributed by atoms with Crippen molar-refractivity contribution in [2.75, 3.05) is 5.75 Å². The summed E-state index contributed by atoms with van der Waals surface area (Å²) in [6.07, 6.45) is 0. The van der Waals surface area contributed by atoms with Crippen LogP contribution in [-0.4, -0.2) is 31.4 Å². The highest BCUT2D eigenvalue weighted by atomic mass is 32.2. The summed E-state index contributed by atoms with van der Waals surface area (Å²) >= 11 is 1.05. The van der Waals surface area contributed by atoms with Crippen molar-refractivity contribution >= 4 is 33.9 Å². The van der Waals surface area contributed by atoms with E-state index in [9.17, 15) is 9.59 Å². The SMILES string of the molecule is Cn1c(COc2ccc(CN3C(=O)CSC3=O)cc2)nc2ccccc21. The standard InChI is InChI=1S/C19H17N3O3S/c1-21-16-5-3-2-4-15(16)20-17(21)11-25-14-8-6-13(7-9-14)10-22-18(23)12-26-19(22)24/h2-9H,10-12H2,1H3. The van der Waals surface area contributed by atoms with Gasteiger partial charge in [0.05, 0.1) is 23.3 Å². The molecular formula is C19H17N3O3S. The molecule has 6 nitrogen and oxygen atoms in total. The van der Waals surface area contributed by atoms with E-state index in [0.717, 1.165) is 34.2 Å². The van der Waals surface area contributed by atoms with E-state index in [2.05, 4.69) is 4.98 Å². The van der Waals surface area contributed by atoms with Gasteiger partial charge in [0.2, 0.25) is 5.91 Å². The molecule has 132 valence electrons. The number of para-hydroxylation sites is 2. The molecule has 1 saturated heterocycles. The van der Waals surface area contributed by atoms with Gasteiger partial charge in [-0.2, -0.15) is 0 Å². The molecule has 26 heavy (non-hydrogen) atoms. The normalized spacial score (nSPS) is 14.4. The first-order valence-electron chi connectivity index (χ1n) is 8.21. The Hall–Kier alpha value is -2.80. The monoisotopic (exact) mass is 367 g/mol. The zero-order chi connectivity index (χ0) is 18.1. The minimum atomic E-state index is -0.183. The second-order valence-electron chi connectivity index (χ2n) is 6.04. The van der Waals surface area contributed by atoms with E-state index >= 15 is 0 Å². The van der Waals surface area contributed by atoms with Gasteiger partial charge in [0.1, 0.15) is 18.2 Å². The molecule has 1 fully saturated rings. The van der Waals surface area contributed by atoms with E-state index in [-0.39, 0.29) is 16.9 Å². The summed E-state index contributed by atoms with van der Waals surface area (Å²) in [7, 11) is 1.97. The van der Waals surface area contributed by atoms with Gasteiger partial charge in [-0.25, -0.2) is 4.98 Å². The van der Waals surface area contributed by atoms with E-state index in [1.807, 2.05) is 60.1 Å². The van der Waals surface area contributed by atoms with Gasteiger partial charge in [-0.1, -0.05) is 36.0 Å². The molecule has 2 amide bonds. The molecule has 0 bridgehead atoms. The third-order valence-electron chi connectivity index (χ3n) is 4.35. The van der Waals surface area contributed by atoms with Crippen molar-refractivity contribution in [3.05, 3.63) is 59.9 Å². The third kappa shape index (κ3) is 3.17. The van der Waals surface area contributed by atoms with Gasteiger partial charge in [0, 0.05) is 7.05 Å². The fraction of sp³-hybridized carbons (Fsp3) is 0.211. The maximum Gasteiger partial charge on any atom is 0.289 e. The zero-order valence-corrected chi connectivity index (χ0v) is 15.0. The number of hydrogen-bond donors (Lipinski definition) is 0. The number of thioether (sulfide) groups is 1. The number of benzene rings is 2. The Kier molecular flexibility index (Phi) is 4.38.